The molecule has 0 aliphatic heterocycles. The fourth-order valence-corrected chi connectivity index (χ4v) is 3.58. The second kappa shape index (κ2) is 8.49. The maximum absolute atomic E-state index is 12.6. The van der Waals surface area contributed by atoms with Gasteiger partial charge in [-0.3, -0.25) is 9.59 Å². The topological polar surface area (TPSA) is 117 Å². The largest absolute Gasteiger partial charge is 0.373 e. The number of carbonyl (C=O) groups is 1. The van der Waals surface area contributed by atoms with Crippen LogP contribution >= 0.6 is 11.6 Å². The minimum atomic E-state index is -0.970. The maximum Gasteiger partial charge on any atom is 0.349 e. The zero-order valence-electron chi connectivity index (χ0n) is 14.7. The number of hydrogen-bond acceptors (Lipinski definition) is 5. The third-order valence-electron chi connectivity index (χ3n) is 4.84. The van der Waals surface area contributed by atoms with Crippen LogP contribution in [0.3, 0.4) is 0 Å². The fourth-order valence-electron chi connectivity index (χ4n) is 3.38. The van der Waals surface area contributed by atoms with Gasteiger partial charge in [0.25, 0.3) is 11.5 Å². The molecule has 8 nitrogen and oxygen atoms in total. The van der Waals surface area contributed by atoms with Crippen LogP contribution in [0.1, 0.15) is 48.9 Å². The summed E-state index contributed by atoms with van der Waals surface area (Å²) in [6.07, 6.45) is 6.05. The van der Waals surface area contributed by atoms with E-state index in [0.29, 0.717) is 0 Å². The zero-order chi connectivity index (χ0) is 19.4. The van der Waals surface area contributed by atoms with Gasteiger partial charge in [-0.1, -0.05) is 37.3 Å². The molecule has 1 aliphatic carbocycles. The molecule has 9 heteroatoms. The van der Waals surface area contributed by atoms with Gasteiger partial charge in [0, 0.05) is 5.92 Å². The Morgan fingerprint density at radius 2 is 1.96 bits per heavy atom. The lowest BCUT2D eigenvalue weighted by Crippen LogP contribution is -2.40. The molecule has 3 N–H and O–H groups in total. The summed E-state index contributed by atoms with van der Waals surface area (Å²) in [4.78, 5) is 36.4. The smallest absolute Gasteiger partial charge is 0.349 e. The average Bonchev–Trinajstić information content (AvgIpc) is 2.92. The molecule has 1 heterocycles. The van der Waals surface area contributed by atoms with Crippen molar-refractivity contribution in [1.82, 2.24) is 20.1 Å². The first kappa shape index (κ1) is 19.3. The number of hydrogen-bond donors (Lipinski definition) is 3. The van der Waals surface area contributed by atoms with Gasteiger partial charge in [-0.15, -0.1) is 0 Å². The van der Waals surface area contributed by atoms with Gasteiger partial charge in [0.05, 0.1) is 16.3 Å². The van der Waals surface area contributed by atoms with Crippen LogP contribution in [0, 0.1) is 5.92 Å². The van der Waals surface area contributed by atoms with E-state index in [1.807, 2.05) is 0 Å². The van der Waals surface area contributed by atoms with Crippen molar-refractivity contribution in [2.45, 2.75) is 44.8 Å². The summed E-state index contributed by atoms with van der Waals surface area (Å²) in [6.45, 7) is 0. The Kier molecular flexibility index (Phi) is 6.08. The van der Waals surface area contributed by atoms with Crippen molar-refractivity contribution in [2.75, 3.05) is 0 Å². The van der Waals surface area contributed by atoms with E-state index in [4.69, 9.17) is 11.6 Å². The van der Waals surface area contributed by atoms with E-state index in [2.05, 4.69) is 15.5 Å². The molecule has 1 aromatic carbocycles. The molecule has 1 saturated carbocycles. The van der Waals surface area contributed by atoms with E-state index >= 15 is 0 Å². The molecule has 1 amide bonds. The quantitative estimate of drug-likeness (QED) is 0.539. The number of benzene rings is 1. The first-order valence-corrected chi connectivity index (χ1v) is 9.31. The molecular weight excluding hydrogens is 372 g/mol. The van der Waals surface area contributed by atoms with Crippen molar-refractivity contribution in [2.24, 2.45) is 5.92 Å². The highest BCUT2D eigenvalue weighted by Crippen LogP contribution is 2.25. The number of aliphatic hydroxyl groups excluding tert-OH is 1. The number of H-pyrrole nitrogens is 1. The Bertz CT molecular complexity index is 903. The monoisotopic (exact) mass is 392 g/mol. The molecule has 1 aliphatic rings. The summed E-state index contributed by atoms with van der Waals surface area (Å²) in [5.41, 5.74) is -1.10. The van der Waals surface area contributed by atoms with Crippen LogP contribution in [0.25, 0.3) is 5.69 Å². The summed E-state index contributed by atoms with van der Waals surface area (Å²) >= 11 is 6.13. The normalized spacial score (nSPS) is 16.5. The number of nitrogens with zero attached hydrogens (tertiary/aromatic N) is 2. The van der Waals surface area contributed by atoms with Crippen LogP contribution in [-0.4, -0.2) is 32.0 Å². The number of carbonyl (C=O) groups excluding carboxylic acids is 1. The second-order valence-electron chi connectivity index (χ2n) is 6.68. The van der Waals surface area contributed by atoms with Crippen molar-refractivity contribution in [1.29, 1.82) is 0 Å². The van der Waals surface area contributed by atoms with Gasteiger partial charge in [0.1, 0.15) is 12.4 Å². The van der Waals surface area contributed by atoms with E-state index in [9.17, 15) is 19.5 Å². The van der Waals surface area contributed by atoms with Crippen LogP contribution in [0.4, 0.5) is 0 Å². The number of aliphatic hydroxyl groups is 1. The number of aromatic amines is 1. The SMILES string of the molecule is O=C(NC(O)C1CCCCCC1)c1cc(-n2c(=O)cn[nH]c2=O)ccc1Cl. The fraction of sp³-hybridized carbons (Fsp3) is 0.444. The third kappa shape index (κ3) is 4.45. The highest BCUT2D eigenvalue weighted by Gasteiger charge is 2.24. The minimum absolute atomic E-state index is 0.00377. The van der Waals surface area contributed by atoms with Crippen molar-refractivity contribution in [3.05, 3.63) is 55.8 Å². The number of rotatable bonds is 4. The Morgan fingerprint density at radius 1 is 1.26 bits per heavy atom. The molecule has 0 radical (unpaired) electrons. The van der Waals surface area contributed by atoms with Crippen LogP contribution in [0.5, 0.6) is 0 Å². The van der Waals surface area contributed by atoms with Gasteiger partial charge in [0.2, 0.25) is 0 Å². The van der Waals surface area contributed by atoms with Crippen molar-refractivity contribution in [3.63, 3.8) is 0 Å². The van der Waals surface area contributed by atoms with Gasteiger partial charge in [-0.25, -0.2) is 14.5 Å². The molecule has 0 saturated heterocycles. The lowest BCUT2D eigenvalue weighted by molar-refractivity contribution is 0.0532. The predicted octanol–water partition coefficient (Wildman–Crippen LogP) is 1.59. The Balaban J connectivity index is 1.84. The van der Waals surface area contributed by atoms with Gasteiger partial charge in [0.15, 0.2) is 0 Å². The number of amides is 1. The van der Waals surface area contributed by atoms with Gasteiger partial charge in [-0.2, -0.15) is 5.10 Å². The van der Waals surface area contributed by atoms with E-state index < -0.39 is 23.4 Å². The van der Waals surface area contributed by atoms with Gasteiger partial charge >= 0.3 is 5.69 Å². The Labute approximate surface area is 160 Å². The highest BCUT2D eigenvalue weighted by atomic mass is 35.5. The van der Waals surface area contributed by atoms with E-state index in [1.54, 1.807) is 0 Å². The molecule has 1 fully saturated rings. The molecule has 3 rings (SSSR count). The summed E-state index contributed by atoms with van der Waals surface area (Å²) in [6, 6.07) is 4.22. The third-order valence-corrected chi connectivity index (χ3v) is 5.17. The van der Waals surface area contributed by atoms with Gasteiger partial charge in [-0.05, 0) is 31.0 Å². The van der Waals surface area contributed by atoms with Gasteiger partial charge < -0.3 is 10.4 Å². The number of halogens is 1. The highest BCUT2D eigenvalue weighted by molar-refractivity contribution is 6.33. The molecule has 144 valence electrons. The van der Waals surface area contributed by atoms with E-state index in [0.717, 1.165) is 49.3 Å². The van der Waals surface area contributed by atoms with E-state index in [-0.39, 0.29) is 22.2 Å². The molecule has 1 unspecified atom stereocenters. The first-order valence-electron chi connectivity index (χ1n) is 8.93. The van der Waals surface area contributed by atoms with Crippen LogP contribution < -0.4 is 16.6 Å². The summed E-state index contributed by atoms with van der Waals surface area (Å²) in [7, 11) is 0. The summed E-state index contributed by atoms with van der Waals surface area (Å²) in [5, 5.41) is 18.7. The summed E-state index contributed by atoms with van der Waals surface area (Å²) < 4.78 is 0.849. The van der Waals surface area contributed by atoms with E-state index in [1.165, 1.54) is 18.2 Å². The number of aromatic nitrogens is 3. The molecular formula is C18H21ClN4O4. The molecule has 27 heavy (non-hydrogen) atoms. The van der Waals surface area contributed by atoms with Crippen LogP contribution in [-0.2, 0) is 0 Å². The second-order valence-corrected chi connectivity index (χ2v) is 7.09. The maximum atomic E-state index is 12.6. The van der Waals surface area contributed by atoms with Crippen molar-refractivity contribution in [3.8, 4) is 5.69 Å². The predicted molar refractivity (Wildman–Crippen MR) is 100 cm³/mol. The van der Waals surface area contributed by atoms with Crippen LogP contribution in [0.15, 0.2) is 34.0 Å². The summed E-state index contributed by atoms with van der Waals surface area (Å²) in [5.74, 6) is -0.554. The molecule has 0 bridgehead atoms. The lowest BCUT2D eigenvalue weighted by Gasteiger charge is -2.22. The van der Waals surface area contributed by atoms with Crippen LogP contribution in [0.2, 0.25) is 5.02 Å². The Hall–Kier alpha value is -2.45. The standard InChI is InChI=1S/C18H21ClN4O4/c19-14-8-7-12(23-15(24)10-20-22-18(23)27)9-13(14)17(26)21-16(25)11-5-3-1-2-4-6-11/h7-11,16,25H,1-6H2,(H,21,26)(H,22,27). The number of nitrogens with one attached hydrogen (secondary N) is 2. The van der Waals surface area contributed by atoms with Crippen molar-refractivity contribution < 1.29 is 9.90 Å². The van der Waals surface area contributed by atoms with Crippen molar-refractivity contribution >= 4 is 17.5 Å². The molecule has 2 aromatic rings. The lowest BCUT2D eigenvalue weighted by atomic mass is 9.98. The zero-order valence-corrected chi connectivity index (χ0v) is 15.4. The first-order chi connectivity index (χ1) is 13.0. The molecule has 1 atom stereocenters. The minimum Gasteiger partial charge on any atom is -0.373 e. The average molecular weight is 393 g/mol. The molecule has 1 aromatic heterocycles. The Morgan fingerprint density at radius 3 is 2.63 bits per heavy atom. The molecule has 0 spiro atoms.